The van der Waals surface area contributed by atoms with Gasteiger partial charge in [-0.25, -0.2) is 4.79 Å². The van der Waals surface area contributed by atoms with Crippen LogP contribution in [0.2, 0.25) is 0 Å². The van der Waals surface area contributed by atoms with Gasteiger partial charge < -0.3 is 14.5 Å². The summed E-state index contributed by atoms with van der Waals surface area (Å²) in [4.78, 5) is 24.4. The van der Waals surface area contributed by atoms with E-state index in [1.165, 1.54) is 0 Å². The van der Waals surface area contributed by atoms with E-state index in [1.807, 2.05) is 6.92 Å². The molecule has 0 unspecified atom stereocenters. The molecular weight excluding hydrogens is 388 g/mol. The van der Waals surface area contributed by atoms with E-state index < -0.39 is 5.76 Å². The molecular formula is C18H17BrN2O4. The Hall–Kier alpha value is -2.54. The molecule has 3 rings (SSSR count). The zero-order valence-corrected chi connectivity index (χ0v) is 15.4. The number of methoxy groups -OCH3 is 1. The van der Waals surface area contributed by atoms with Gasteiger partial charge in [0.1, 0.15) is 5.75 Å². The zero-order valence-electron chi connectivity index (χ0n) is 13.8. The Balaban J connectivity index is 1.90. The van der Waals surface area contributed by atoms with Crippen LogP contribution < -0.4 is 15.8 Å². The van der Waals surface area contributed by atoms with Crippen LogP contribution in [0.3, 0.4) is 0 Å². The maximum absolute atomic E-state index is 12.5. The van der Waals surface area contributed by atoms with E-state index in [0.717, 1.165) is 6.42 Å². The average molecular weight is 405 g/mol. The number of benzene rings is 2. The summed E-state index contributed by atoms with van der Waals surface area (Å²) in [6.07, 6.45) is 0.830. The van der Waals surface area contributed by atoms with Gasteiger partial charge in [-0.15, -0.1) is 0 Å². The van der Waals surface area contributed by atoms with Gasteiger partial charge in [0, 0.05) is 22.8 Å². The van der Waals surface area contributed by atoms with E-state index in [-0.39, 0.29) is 5.91 Å². The molecule has 0 spiro atoms. The van der Waals surface area contributed by atoms with E-state index in [4.69, 9.17) is 9.15 Å². The molecule has 0 saturated carbocycles. The van der Waals surface area contributed by atoms with Gasteiger partial charge in [0.25, 0.3) is 5.91 Å². The second kappa shape index (κ2) is 7.14. The number of amides is 1. The molecule has 7 heteroatoms. The van der Waals surface area contributed by atoms with Gasteiger partial charge in [-0.3, -0.25) is 9.36 Å². The van der Waals surface area contributed by atoms with Gasteiger partial charge in [0.05, 0.1) is 18.2 Å². The van der Waals surface area contributed by atoms with Gasteiger partial charge in [-0.1, -0.05) is 6.92 Å². The highest BCUT2D eigenvalue weighted by Crippen LogP contribution is 2.24. The Morgan fingerprint density at radius 3 is 2.80 bits per heavy atom. The Morgan fingerprint density at radius 1 is 1.28 bits per heavy atom. The summed E-state index contributed by atoms with van der Waals surface area (Å²) in [6, 6.07) is 10.3. The number of carbonyl (C=O) groups is 1. The summed E-state index contributed by atoms with van der Waals surface area (Å²) >= 11 is 3.36. The molecule has 1 aromatic heterocycles. The quantitative estimate of drug-likeness (QED) is 0.696. The fraction of sp³-hybridized carbons (Fsp3) is 0.222. The molecule has 0 fully saturated rings. The van der Waals surface area contributed by atoms with Crippen molar-refractivity contribution in [3.63, 3.8) is 0 Å². The number of oxazole rings is 1. The normalized spacial score (nSPS) is 10.8. The van der Waals surface area contributed by atoms with Crippen LogP contribution in [-0.4, -0.2) is 17.6 Å². The number of aryl methyl sites for hydroxylation is 1. The molecule has 0 aliphatic carbocycles. The van der Waals surface area contributed by atoms with Crippen molar-refractivity contribution in [2.24, 2.45) is 0 Å². The van der Waals surface area contributed by atoms with Crippen LogP contribution in [-0.2, 0) is 6.54 Å². The van der Waals surface area contributed by atoms with E-state index in [1.54, 1.807) is 48.1 Å². The topological polar surface area (TPSA) is 73.5 Å². The summed E-state index contributed by atoms with van der Waals surface area (Å²) in [5, 5.41) is 2.81. The maximum Gasteiger partial charge on any atom is 0.419 e. The molecule has 0 aliphatic heterocycles. The van der Waals surface area contributed by atoms with E-state index in [2.05, 4.69) is 21.2 Å². The number of anilines is 1. The molecule has 2 aromatic carbocycles. The smallest absolute Gasteiger partial charge is 0.419 e. The van der Waals surface area contributed by atoms with Crippen LogP contribution in [0.25, 0.3) is 11.1 Å². The lowest BCUT2D eigenvalue weighted by Crippen LogP contribution is -2.13. The second-order valence-corrected chi connectivity index (χ2v) is 6.36. The highest BCUT2D eigenvalue weighted by Gasteiger charge is 2.14. The van der Waals surface area contributed by atoms with E-state index in [9.17, 15) is 9.59 Å². The van der Waals surface area contributed by atoms with Crippen molar-refractivity contribution in [3.8, 4) is 5.75 Å². The Morgan fingerprint density at radius 2 is 2.08 bits per heavy atom. The van der Waals surface area contributed by atoms with Crippen molar-refractivity contribution in [2.45, 2.75) is 19.9 Å². The number of carbonyl (C=O) groups excluding carboxylic acids is 1. The van der Waals surface area contributed by atoms with Crippen molar-refractivity contribution in [2.75, 3.05) is 12.4 Å². The van der Waals surface area contributed by atoms with Gasteiger partial charge in [0.15, 0.2) is 5.58 Å². The number of rotatable bonds is 5. The number of aromatic nitrogens is 1. The second-order valence-electron chi connectivity index (χ2n) is 5.50. The third-order valence-electron chi connectivity index (χ3n) is 3.79. The van der Waals surface area contributed by atoms with Gasteiger partial charge in [0.2, 0.25) is 0 Å². The molecule has 0 aliphatic rings. The van der Waals surface area contributed by atoms with Crippen molar-refractivity contribution in [1.29, 1.82) is 0 Å². The highest BCUT2D eigenvalue weighted by atomic mass is 79.9. The lowest BCUT2D eigenvalue weighted by atomic mass is 10.2. The third-order valence-corrected chi connectivity index (χ3v) is 4.48. The number of hydrogen-bond acceptors (Lipinski definition) is 4. The van der Waals surface area contributed by atoms with Gasteiger partial charge in [-0.2, -0.15) is 0 Å². The van der Waals surface area contributed by atoms with Crippen LogP contribution in [0.1, 0.15) is 23.7 Å². The fourth-order valence-corrected chi connectivity index (χ4v) is 3.01. The predicted molar refractivity (Wildman–Crippen MR) is 99.4 cm³/mol. The molecule has 0 bridgehead atoms. The Labute approximate surface area is 152 Å². The number of nitrogens with one attached hydrogen (secondary N) is 1. The summed E-state index contributed by atoms with van der Waals surface area (Å²) in [5.41, 5.74) is 2.16. The number of ether oxygens (including phenoxy) is 1. The minimum atomic E-state index is -0.393. The third kappa shape index (κ3) is 3.46. The predicted octanol–water partition coefficient (Wildman–Crippen LogP) is 4.03. The zero-order chi connectivity index (χ0) is 18.0. The number of halogens is 1. The van der Waals surface area contributed by atoms with Crippen molar-refractivity contribution >= 4 is 38.6 Å². The lowest BCUT2D eigenvalue weighted by Gasteiger charge is -2.09. The van der Waals surface area contributed by atoms with Gasteiger partial charge in [-0.05, 0) is 52.7 Å². The summed E-state index contributed by atoms with van der Waals surface area (Å²) < 4.78 is 12.7. The van der Waals surface area contributed by atoms with E-state index >= 15 is 0 Å². The first-order valence-electron chi connectivity index (χ1n) is 7.81. The first-order chi connectivity index (χ1) is 12.0. The summed E-state index contributed by atoms with van der Waals surface area (Å²) in [6.45, 7) is 2.58. The molecule has 0 saturated heterocycles. The number of hydrogen-bond donors (Lipinski definition) is 1. The average Bonchev–Trinajstić information content (AvgIpc) is 2.90. The van der Waals surface area contributed by atoms with Crippen molar-refractivity contribution in [3.05, 3.63) is 57.0 Å². The number of fused-ring (bicyclic) bond motifs is 1. The highest BCUT2D eigenvalue weighted by molar-refractivity contribution is 9.10. The monoisotopic (exact) mass is 404 g/mol. The molecule has 3 aromatic rings. The van der Waals surface area contributed by atoms with Crippen molar-refractivity contribution in [1.82, 2.24) is 4.57 Å². The van der Waals surface area contributed by atoms with Crippen molar-refractivity contribution < 1.29 is 13.9 Å². The molecule has 1 heterocycles. The molecule has 0 atom stereocenters. The number of nitrogens with zero attached hydrogens (tertiary/aromatic N) is 1. The Bertz CT molecular complexity index is 990. The first kappa shape index (κ1) is 17.3. The first-order valence-corrected chi connectivity index (χ1v) is 8.61. The molecule has 25 heavy (non-hydrogen) atoms. The minimum absolute atomic E-state index is 0.291. The lowest BCUT2D eigenvalue weighted by molar-refractivity contribution is 0.102. The van der Waals surface area contributed by atoms with Crippen LogP contribution in [0.4, 0.5) is 5.69 Å². The van der Waals surface area contributed by atoms with Crippen LogP contribution >= 0.6 is 15.9 Å². The largest absolute Gasteiger partial charge is 0.497 e. The molecule has 1 N–H and O–H groups in total. The molecule has 0 radical (unpaired) electrons. The van der Waals surface area contributed by atoms with Crippen LogP contribution in [0.5, 0.6) is 5.75 Å². The minimum Gasteiger partial charge on any atom is -0.497 e. The Kier molecular flexibility index (Phi) is 4.94. The van der Waals surface area contributed by atoms with E-state index in [0.29, 0.717) is 39.1 Å². The summed E-state index contributed by atoms with van der Waals surface area (Å²) in [7, 11) is 1.54. The molecule has 6 nitrogen and oxygen atoms in total. The van der Waals surface area contributed by atoms with Crippen LogP contribution in [0.15, 0.2) is 50.1 Å². The molecule has 1 amide bonds. The SMILES string of the molecule is CCCn1c(=O)oc2cc(NC(=O)c3cc(OC)ccc3Br)ccc21. The fourth-order valence-electron chi connectivity index (χ4n) is 2.58. The van der Waals surface area contributed by atoms with Crippen LogP contribution in [0, 0.1) is 0 Å². The molecule has 130 valence electrons. The maximum atomic E-state index is 12.5. The van der Waals surface area contributed by atoms with Gasteiger partial charge >= 0.3 is 5.76 Å². The standard InChI is InChI=1S/C18H17BrN2O4/c1-3-8-21-15-7-4-11(9-16(15)25-18(21)23)20-17(22)13-10-12(24-2)5-6-14(13)19/h4-7,9-10H,3,8H2,1-2H3,(H,20,22). The summed E-state index contributed by atoms with van der Waals surface area (Å²) in [5.74, 6) is -0.0947.